The molecule has 0 saturated heterocycles. The van der Waals surface area contributed by atoms with E-state index in [0.717, 1.165) is 36.8 Å². The lowest BCUT2D eigenvalue weighted by Crippen LogP contribution is -2.34. The van der Waals surface area contributed by atoms with E-state index in [4.69, 9.17) is 14.2 Å². The average molecular weight is 448 g/mol. The highest BCUT2D eigenvalue weighted by Gasteiger charge is 2.41. The molecule has 4 rings (SSSR count). The van der Waals surface area contributed by atoms with E-state index in [0.29, 0.717) is 34.9 Å². The molecule has 0 atom stereocenters. The minimum atomic E-state index is -0.498. The fourth-order valence-corrected chi connectivity index (χ4v) is 4.60. The molecule has 0 radical (unpaired) electrons. The molecule has 0 N–H and O–H groups in total. The maximum Gasteiger partial charge on any atom is 0.340 e. The largest absolute Gasteiger partial charge is 0.493 e. The highest BCUT2D eigenvalue weighted by molar-refractivity contribution is 6.16. The summed E-state index contributed by atoms with van der Waals surface area (Å²) in [4.78, 5) is 27.7. The summed E-state index contributed by atoms with van der Waals surface area (Å²) in [5.41, 5.74) is 3.14. The van der Waals surface area contributed by atoms with Crippen LogP contribution >= 0.6 is 0 Å². The molecular weight excluding hydrogens is 418 g/mol. The number of esters is 1. The van der Waals surface area contributed by atoms with Gasteiger partial charge in [0.1, 0.15) is 6.61 Å². The Balaban J connectivity index is 1.63. The predicted molar refractivity (Wildman–Crippen MR) is 126 cm³/mol. The van der Waals surface area contributed by atoms with Crippen LogP contribution in [0.25, 0.3) is 6.08 Å². The Hall–Kier alpha value is -3.54. The fourth-order valence-electron chi connectivity index (χ4n) is 4.60. The SMILES string of the molecule is COC(=O)C1=C(C)N(C2CCCC2)C(=O)C1=Cc1ccc(OCc2ccccc2)c(OC)c1. The van der Waals surface area contributed by atoms with Crippen LogP contribution in [0.2, 0.25) is 0 Å². The lowest BCUT2D eigenvalue weighted by molar-refractivity contribution is -0.136. The second-order valence-electron chi connectivity index (χ2n) is 8.31. The van der Waals surface area contributed by atoms with Crippen LogP contribution in [-0.2, 0) is 20.9 Å². The van der Waals surface area contributed by atoms with Crippen LogP contribution in [0.1, 0.15) is 43.7 Å². The summed E-state index contributed by atoms with van der Waals surface area (Å²) in [7, 11) is 2.92. The van der Waals surface area contributed by atoms with Gasteiger partial charge in [-0.15, -0.1) is 0 Å². The van der Waals surface area contributed by atoms with Crippen LogP contribution in [0.4, 0.5) is 0 Å². The monoisotopic (exact) mass is 447 g/mol. The summed E-state index contributed by atoms with van der Waals surface area (Å²) in [5, 5.41) is 0. The van der Waals surface area contributed by atoms with Crippen molar-refractivity contribution in [1.82, 2.24) is 4.90 Å². The Morgan fingerprint density at radius 2 is 1.79 bits per heavy atom. The second-order valence-corrected chi connectivity index (χ2v) is 8.31. The van der Waals surface area contributed by atoms with Crippen molar-refractivity contribution in [3.05, 3.63) is 76.5 Å². The number of carbonyl (C=O) groups is 2. The second kappa shape index (κ2) is 9.94. The maximum atomic E-state index is 13.4. The van der Waals surface area contributed by atoms with Crippen LogP contribution in [0.15, 0.2) is 65.4 Å². The molecule has 2 aromatic rings. The Labute approximate surface area is 194 Å². The predicted octanol–water partition coefficient (Wildman–Crippen LogP) is 4.89. The zero-order valence-corrected chi connectivity index (χ0v) is 19.3. The summed E-state index contributed by atoms with van der Waals surface area (Å²) < 4.78 is 16.5. The number of amides is 1. The molecule has 0 unspecified atom stereocenters. The molecule has 1 amide bonds. The lowest BCUT2D eigenvalue weighted by Gasteiger charge is -2.25. The standard InChI is InChI=1S/C27H29NO5/c1-18-25(27(30)32-3)22(26(29)28(18)21-11-7-8-12-21)15-20-13-14-23(24(16-20)31-2)33-17-19-9-5-4-6-10-19/h4-6,9-10,13-16,21H,7-8,11-12,17H2,1-3H3. The number of hydrogen-bond acceptors (Lipinski definition) is 5. The van der Waals surface area contributed by atoms with Crippen molar-refractivity contribution in [2.45, 2.75) is 45.3 Å². The molecule has 2 aromatic carbocycles. The summed E-state index contributed by atoms with van der Waals surface area (Å²) in [6.45, 7) is 2.24. The fraction of sp³-hybridized carbons (Fsp3) is 0.333. The van der Waals surface area contributed by atoms with Gasteiger partial charge in [-0.3, -0.25) is 4.79 Å². The Bertz CT molecular complexity index is 1100. The molecule has 1 saturated carbocycles. The van der Waals surface area contributed by atoms with Crippen LogP contribution < -0.4 is 9.47 Å². The minimum Gasteiger partial charge on any atom is -0.493 e. The van der Waals surface area contributed by atoms with Crippen LogP contribution in [0.3, 0.4) is 0 Å². The topological polar surface area (TPSA) is 65.1 Å². The quantitative estimate of drug-likeness (QED) is 0.447. The average Bonchev–Trinajstić information content (AvgIpc) is 3.44. The Morgan fingerprint density at radius 3 is 2.45 bits per heavy atom. The van der Waals surface area contributed by atoms with Gasteiger partial charge in [0, 0.05) is 11.7 Å². The molecule has 0 aromatic heterocycles. The number of methoxy groups -OCH3 is 2. The Morgan fingerprint density at radius 1 is 1.06 bits per heavy atom. The van der Waals surface area contributed by atoms with Gasteiger partial charge in [0.05, 0.1) is 25.4 Å². The minimum absolute atomic E-state index is 0.131. The highest BCUT2D eigenvalue weighted by Crippen LogP contribution is 2.38. The first-order valence-corrected chi connectivity index (χ1v) is 11.2. The molecule has 1 aliphatic heterocycles. The number of benzene rings is 2. The first-order chi connectivity index (χ1) is 16.0. The van der Waals surface area contributed by atoms with Gasteiger partial charge < -0.3 is 19.1 Å². The van der Waals surface area contributed by atoms with E-state index in [9.17, 15) is 9.59 Å². The number of carbonyl (C=O) groups excluding carboxylic acids is 2. The van der Waals surface area contributed by atoms with Gasteiger partial charge >= 0.3 is 5.97 Å². The normalized spacial score (nSPS) is 17.7. The van der Waals surface area contributed by atoms with Crippen LogP contribution in [0.5, 0.6) is 11.5 Å². The molecule has 6 heteroatoms. The first-order valence-electron chi connectivity index (χ1n) is 11.2. The van der Waals surface area contributed by atoms with Crippen LogP contribution in [0, 0.1) is 0 Å². The van der Waals surface area contributed by atoms with Crippen molar-refractivity contribution in [2.24, 2.45) is 0 Å². The molecule has 6 nitrogen and oxygen atoms in total. The van der Waals surface area contributed by atoms with Gasteiger partial charge in [-0.05, 0) is 49.1 Å². The zero-order chi connectivity index (χ0) is 23.4. The summed E-state index contributed by atoms with van der Waals surface area (Å²) >= 11 is 0. The van der Waals surface area contributed by atoms with Crippen molar-refractivity contribution in [1.29, 1.82) is 0 Å². The van der Waals surface area contributed by atoms with E-state index in [1.165, 1.54) is 7.11 Å². The van der Waals surface area contributed by atoms with Gasteiger partial charge in [-0.1, -0.05) is 49.2 Å². The molecule has 33 heavy (non-hydrogen) atoms. The van der Waals surface area contributed by atoms with Crippen molar-refractivity contribution < 1.29 is 23.8 Å². The van der Waals surface area contributed by atoms with Gasteiger partial charge in [-0.25, -0.2) is 4.79 Å². The number of ether oxygens (including phenoxy) is 3. The third-order valence-corrected chi connectivity index (χ3v) is 6.26. The van der Waals surface area contributed by atoms with Crippen molar-refractivity contribution >= 4 is 18.0 Å². The Kier molecular flexibility index (Phi) is 6.82. The number of nitrogens with zero attached hydrogens (tertiary/aromatic N) is 1. The molecule has 1 aliphatic carbocycles. The first kappa shape index (κ1) is 22.6. The third kappa shape index (κ3) is 4.65. The van der Waals surface area contributed by atoms with Gasteiger partial charge in [-0.2, -0.15) is 0 Å². The van der Waals surface area contributed by atoms with E-state index >= 15 is 0 Å². The van der Waals surface area contributed by atoms with Crippen molar-refractivity contribution in [3.8, 4) is 11.5 Å². The maximum absolute atomic E-state index is 13.4. The molecule has 0 bridgehead atoms. The summed E-state index contributed by atoms with van der Waals surface area (Å²) in [6, 6.07) is 15.5. The molecule has 1 heterocycles. The smallest absolute Gasteiger partial charge is 0.340 e. The summed E-state index contributed by atoms with van der Waals surface area (Å²) in [6.07, 6.45) is 5.82. The molecule has 1 fully saturated rings. The molecule has 172 valence electrons. The van der Waals surface area contributed by atoms with E-state index in [2.05, 4.69) is 0 Å². The number of allylic oxidation sites excluding steroid dienone is 1. The molecule has 2 aliphatic rings. The lowest BCUT2D eigenvalue weighted by atomic mass is 10.0. The van der Waals surface area contributed by atoms with E-state index < -0.39 is 5.97 Å². The van der Waals surface area contributed by atoms with Crippen molar-refractivity contribution in [3.63, 3.8) is 0 Å². The highest BCUT2D eigenvalue weighted by atomic mass is 16.5. The summed E-state index contributed by atoms with van der Waals surface area (Å²) in [5.74, 6) is 0.512. The van der Waals surface area contributed by atoms with Gasteiger partial charge in [0.2, 0.25) is 0 Å². The van der Waals surface area contributed by atoms with E-state index in [-0.39, 0.29) is 11.9 Å². The van der Waals surface area contributed by atoms with Gasteiger partial charge in [0.15, 0.2) is 11.5 Å². The van der Waals surface area contributed by atoms with E-state index in [1.54, 1.807) is 18.1 Å². The van der Waals surface area contributed by atoms with Gasteiger partial charge in [0.25, 0.3) is 5.91 Å². The van der Waals surface area contributed by atoms with E-state index in [1.807, 2.05) is 55.5 Å². The molecular formula is C27H29NO5. The van der Waals surface area contributed by atoms with Crippen molar-refractivity contribution in [2.75, 3.05) is 14.2 Å². The third-order valence-electron chi connectivity index (χ3n) is 6.26. The zero-order valence-electron chi connectivity index (χ0n) is 19.3. The number of rotatable bonds is 7. The number of hydrogen-bond donors (Lipinski definition) is 0. The molecule has 0 spiro atoms. The van der Waals surface area contributed by atoms with Crippen LogP contribution in [-0.4, -0.2) is 37.0 Å².